The number of piperidine rings is 1. The van der Waals surface area contributed by atoms with Crippen LogP contribution in [-0.2, 0) is 19.7 Å². The average Bonchev–Trinajstić information content (AvgIpc) is 3.59. The lowest BCUT2D eigenvalue weighted by atomic mass is 9.55. The van der Waals surface area contributed by atoms with Crippen molar-refractivity contribution in [1.29, 1.82) is 0 Å². The van der Waals surface area contributed by atoms with E-state index in [0.29, 0.717) is 5.75 Å². The first-order valence-electron chi connectivity index (χ1n) is 13.1. The summed E-state index contributed by atoms with van der Waals surface area (Å²) in [7, 11) is 1.84. The van der Waals surface area contributed by atoms with E-state index in [1.165, 1.54) is 19.8 Å². The molecule has 1 amide bonds. The molecular weight excluding hydrogens is 552 g/mol. The van der Waals surface area contributed by atoms with Crippen LogP contribution in [0.15, 0.2) is 46.3 Å². The van der Waals surface area contributed by atoms with E-state index in [2.05, 4.69) is 32.2 Å². The number of carbonyl (C=O) groups is 2. The van der Waals surface area contributed by atoms with Crippen molar-refractivity contribution in [1.82, 2.24) is 10.2 Å². The second-order valence-electron chi connectivity index (χ2n) is 10.8. The lowest BCUT2D eigenvalue weighted by Gasteiger charge is -2.60. The maximum Gasteiger partial charge on any atom is 0.308 e. The first-order chi connectivity index (χ1) is 17.8. The standard InChI is InChI=1S/C29H35BrN2O4S/c1-20(33)36-25-5-3-4-22(14-25)28-12-13-32(17-21-6-7-21)19-29(28,35-2)11-10-24(16-28)31-27(34)9-8-26-15-23(30)18-37-26/h3-5,8-9,14-15,18,21,24H,6-7,10-13,16-17,19H2,1-2H3,(H,31,34)/b9-8+/t24-,28-,29-/m0/s1. The van der Waals surface area contributed by atoms with E-state index in [1.807, 2.05) is 42.8 Å². The van der Waals surface area contributed by atoms with Crippen LogP contribution in [0, 0.1) is 5.92 Å². The highest BCUT2D eigenvalue weighted by Gasteiger charge is 2.59. The molecule has 198 valence electrons. The largest absolute Gasteiger partial charge is 0.427 e. The Hall–Kier alpha value is -2.00. The van der Waals surface area contributed by atoms with Gasteiger partial charge in [-0.3, -0.25) is 9.59 Å². The fourth-order valence-electron chi connectivity index (χ4n) is 6.38. The Bertz CT molecular complexity index is 1180. The van der Waals surface area contributed by atoms with Gasteiger partial charge < -0.3 is 19.7 Å². The molecule has 0 radical (unpaired) electrons. The quantitative estimate of drug-likeness (QED) is 0.249. The predicted molar refractivity (Wildman–Crippen MR) is 150 cm³/mol. The molecule has 37 heavy (non-hydrogen) atoms. The number of nitrogens with one attached hydrogen (secondary N) is 1. The Morgan fingerprint density at radius 2 is 2.08 bits per heavy atom. The van der Waals surface area contributed by atoms with Crippen LogP contribution in [-0.4, -0.2) is 55.2 Å². The first kappa shape index (κ1) is 26.6. The van der Waals surface area contributed by atoms with Crippen LogP contribution in [0.4, 0.5) is 0 Å². The van der Waals surface area contributed by atoms with E-state index >= 15 is 0 Å². The number of carbonyl (C=O) groups excluding carboxylic acids is 2. The van der Waals surface area contributed by atoms with Crippen LogP contribution in [0.2, 0.25) is 0 Å². The minimum Gasteiger partial charge on any atom is -0.427 e. The van der Waals surface area contributed by atoms with Crippen molar-refractivity contribution in [2.24, 2.45) is 5.92 Å². The van der Waals surface area contributed by atoms with Gasteiger partial charge in [-0.05, 0) is 96.8 Å². The second kappa shape index (κ2) is 11.0. The molecule has 1 saturated heterocycles. The number of thiophene rings is 1. The molecule has 2 heterocycles. The molecule has 3 atom stereocenters. The molecule has 1 aliphatic heterocycles. The molecule has 0 bridgehead atoms. The summed E-state index contributed by atoms with van der Waals surface area (Å²) in [6.07, 6.45) is 9.58. The number of likely N-dealkylation sites (tertiary alicyclic amines) is 1. The number of nitrogens with zero attached hydrogens (tertiary/aromatic N) is 1. The van der Waals surface area contributed by atoms with Crippen molar-refractivity contribution >= 4 is 45.2 Å². The number of halogens is 1. The number of hydrogen-bond acceptors (Lipinski definition) is 6. The van der Waals surface area contributed by atoms with Crippen molar-refractivity contribution < 1.29 is 19.1 Å². The van der Waals surface area contributed by atoms with Crippen molar-refractivity contribution in [3.05, 3.63) is 56.7 Å². The summed E-state index contributed by atoms with van der Waals surface area (Å²) >= 11 is 5.06. The topological polar surface area (TPSA) is 67.9 Å². The summed E-state index contributed by atoms with van der Waals surface area (Å²) in [5.74, 6) is 0.973. The van der Waals surface area contributed by atoms with Gasteiger partial charge in [-0.25, -0.2) is 0 Å². The third-order valence-electron chi connectivity index (χ3n) is 8.28. The summed E-state index contributed by atoms with van der Waals surface area (Å²) in [4.78, 5) is 28.2. The minimum atomic E-state index is -0.366. The molecule has 0 spiro atoms. The highest BCUT2D eigenvalue weighted by Crippen LogP contribution is 2.54. The van der Waals surface area contributed by atoms with E-state index in [0.717, 1.165) is 66.1 Å². The van der Waals surface area contributed by atoms with Gasteiger partial charge in [-0.15, -0.1) is 11.3 Å². The summed E-state index contributed by atoms with van der Waals surface area (Å²) in [6, 6.07) is 9.96. The van der Waals surface area contributed by atoms with Crippen molar-refractivity contribution in [3.8, 4) is 5.75 Å². The van der Waals surface area contributed by atoms with Crippen molar-refractivity contribution in [3.63, 3.8) is 0 Å². The van der Waals surface area contributed by atoms with Gasteiger partial charge in [0.05, 0.1) is 5.60 Å². The molecule has 1 aromatic carbocycles. The lowest BCUT2D eigenvalue weighted by molar-refractivity contribution is -0.150. The lowest BCUT2D eigenvalue weighted by Crippen LogP contribution is -2.68. The number of benzene rings is 1. The van der Waals surface area contributed by atoms with Crippen molar-refractivity contribution in [2.75, 3.05) is 26.7 Å². The molecule has 1 N–H and O–H groups in total. The van der Waals surface area contributed by atoms with E-state index in [1.54, 1.807) is 17.4 Å². The van der Waals surface area contributed by atoms with Crippen LogP contribution >= 0.6 is 27.3 Å². The number of ether oxygens (including phenoxy) is 2. The maximum absolute atomic E-state index is 12.9. The van der Waals surface area contributed by atoms with E-state index in [4.69, 9.17) is 9.47 Å². The zero-order valence-electron chi connectivity index (χ0n) is 21.5. The summed E-state index contributed by atoms with van der Waals surface area (Å²) < 4.78 is 13.0. The number of hydrogen-bond donors (Lipinski definition) is 1. The molecule has 3 aliphatic rings. The van der Waals surface area contributed by atoms with E-state index in [-0.39, 0.29) is 28.9 Å². The fraction of sp³-hybridized carbons (Fsp3) is 0.517. The summed E-state index contributed by atoms with van der Waals surface area (Å²) in [6.45, 7) is 4.44. The van der Waals surface area contributed by atoms with Crippen LogP contribution < -0.4 is 10.1 Å². The molecule has 8 heteroatoms. The molecule has 2 aliphatic carbocycles. The molecule has 3 fully saturated rings. The maximum atomic E-state index is 12.9. The number of amides is 1. The van der Waals surface area contributed by atoms with Crippen LogP contribution in [0.1, 0.15) is 55.9 Å². The molecular formula is C29H35BrN2O4S. The van der Waals surface area contributed by atoms with Gasteiger partial charge in [0.1, 0.15) is 5.75 Å². The summed E-state index contributed by atoms with van der Waals surface area (Å²) in [5, 5.41) is 5.28. The van der Waals surface area contributed by atoms with Gasteiger partial charge in [0, 0.05) is 59.4 Å². The monoisotopic (exact) mass is 586 g/mol. The number of methoxy groups -OCH3 is 1. The SMILES string of the molecule is CO[C@]12CC[C@H](NC(=O)/C=C/c3cc(Br)cs3)C[C@]1(c1cccc(OC(C)=O)c1)CCN(CC1CC1)C2. The van der Waals surface area contributed by atoms with Gasteiger partial charge in [0.25, 0.3) is 0 Å². The molecule has 0 unspecified atom stereocenters. The predicted octanol–water partition coefficient (Wildman–Crippen LogP) is 5.56. The fourth-order valence-corrected chi connectivity index (χ4v) is 7.72. The highest BCUT2D eigenvalue weighted by atomic mass is 79.9. The molecule has 2 saturated carbocycles. The third-order valence-corrected chi connectivity index (χ3v) is 9.94. The van der Waals surface area contributed by atoms with E-state index < -0.39 is 0 Å². The zero-order chi connectivity index (χ0) is 26.0. The highest BCUT2D eigenvalue weighted by molar-refractivity contribution is 9.10. The van der Waals surface area contributed by atoms with Crippen LogP contribution in [0.25, 0.3) is 6.08 Å². The second-order valence-corrected chi connectivity index (χ2v) is 12.6. The normalized spacial score (nSPS) is 28.1. The zero-order valence-corrected chi connectivity index (χ0v) is 23.9. The van der Waals surface area contributed by atoms with Crippen LogP contribution in [0.3, 0.4) is 0 Å². The van der Waals surface area contributed by atoms with Gasteiger partial charge >= 0.3 is 5.97 Å². The smallest absolute Gasteiger partial charge is 0.308 e. The van der Waals surface area contributed by atoms with Gasteiger partial charge in [-0.1, -0.05) is 12.1 Å². The molecule has 2 aromatic rings. The summed E-state index contributed by atoms with van der Waals surface area (Å²) in [5.41, 5.74) is 0.461. The van der Waals surface area contributed by atoms with Gasteiger partial charge in [0.15, 0.2) is 0 Å². The first-order valence-corrected chi connectivity index (χ1v) is 14.8. The Kier molecular flexibility index (Phi) is 7.91. The molecule has 1 aromatic heterocycles. The Balaban J connectivity index is 1.41. The number of rotatable bonds is 8. The number of fused-ring (bicyclic) bond motifs is 1. The van der Waals surface area contributed by atoms with Gasteiger partial charge in [-0.2, -0.15) is 0 Å². The Morgan fingerprint density at radius 3 is 2.78 bits per heavy atom. The minimum absolute atomic E-state index is 0.0304. The van der Waals surface area contributed by atoms with Crippen molar-refractivity contribution in [2.45, 2.75) is 62.5 Å². The number of esters is 1. The molecule has 6 nitrogen and oxygen atoms in total. The third kappa shape index (κ3) is 5.87. The Morgan fingerprint density at radius 1 is 1.24 bits per heavy atom. The van der Waals surface area contributed by atoms with E-state index in [9.17, 15) is 9.59 Å². The van der Waals surface area contributed by atoms with Crippen LogP contribution in [0.5, 0.6) is 5.75 Å². The molecule has 5 rings (SSSR count). The van der Waals surface area contributed by atoms with Gasteiger partial charge in [0.2, 0.25) is 5.91 Å². The average molecular weight is 588 g/mol. The Labute approximate surface area is 231 Å².